The highest BCUT2D eigenvalue weighted by atomic mass is 127. The van der Waals surface area contributed by atoms with Gasteiger partial charge in [0.1, 0.15) is 0 Å². The smallest absolute Gasteiger partial charge is 0.274 e. The second kappa shape index (κ2) is 9.42. The molecule has 0 saturated heterocycles. The Bertz CT molecular complexity index is 690. The molecule has 0 atom stereocenters. The van der Waals surface area contributed by atoms with Crippen molar-refractivity contribution in [1.82, 2.24) is 0 Å². The number of hydrogen-bond donors (Lipinski definition) is 1. The SMILES string of the molecule is C[n+]1ccccc1NCCC(c1ccccc1)c1ccccc1.[I-]. The first kappa shape index (κ1) is 18.5. The molecule has 1 aromatic heterocycles. The van der Waals surface area contributed by atoms with E-state index >= 15 is 0 Å². The van der Waals surface area contributed by atoms with Gasteiger partial charge in [-0.1, -0.05) is 66.7 Å². The normalized spacial score (nSPS) is 10.2. The number of anilines is 1. The maximum Gasteiger partial charge on any atom is 0.274 e. The summed E-state index contributed by atoms with van der Waals surface area (Å²) in [5.74, 6) is 1.56. The molecule has 0 aliphatic rings. The van der Waals surface area contributed by atoms with Crippen molar-refractivity contribution in [3.63, 3.8) is 0 Å². The van der Waals surface area contributed by atoms with Crippen molar-refractivity contribution in [3.8, 4) is 0 Å². The van der Waals surface area contributed by atoms with Gasteiger partial charge >= 0.3 is 0 Å². The van der Waals surface area contributed by atoms with Gasteiger partial charge in [-0.15, -0.1) is 0 Å². The third-order valence-electron chi connectivity index (χ3n) is 4.20. The largest absolute Gasteiger partial charge is 1.00 e. The second-order valence-corrected chi connectivity index (χ2v) is 5.79. The number of benzene rings is 2. The number of aryl methyl sites for hydroxylation is 1. The van der Waals surface area contributed by atoms with Crippen LogP contribution in [0.2, 0.25) is 0 Å². The van der Waals surface area contributed by atoms with Gasteiger partial charge in [-0.2, -0.15) is 0 Å². The number of nitrogens with zero attached hydrogens (tertiary/aromatic N) is 1. The van der Waals surface area contributed by atoms with Crippen molar-refractivity contribution in [2.45, 2.75) is 12.3 Å². The third-order valence-corrected chi connectivity index (χ3v) is 4.20. The predicted octanol–water partition coefficient (Wildman–Crippen LogP) is 1.15. The number of aromatic nitrogens is 1. The number of pyridine rings is 1. The van der Waals surface area contributed by atoms with Gasteiger partial charge < -0.3 is 24.0 Å². The summed E-state index contributed by atoms with van der Waals surface area (Å²) in [4.78, 5) is 0. The average Bonchev–Trinajstić information content (AvgIpc) is 2.62. The molecular weight excluding hydrogens is 407 g/mol. The topological polar surface area (TPSA) is 15.9 Å². The Morgan fingerprint density at radius 1 is 0.792 bits per heavy atom. The van der Waals surface area contributed by atoms with Gasteiger partial charge in [0.25, 0.3) is 5.82 Å². The molecule has 124 valence electrons. The minimum absolute atomic E-state index is 0. The maximum atomic E-state index is 3.55. The number of hydrogen-bond acceptors (Lipinski definition) is 1. The summed E-state index contributed by atoms with van der Waals surface area (Å²) in [6.07, 6.45) is 3.12. The van der Waals surface area contributed by atoms with E-state index in [1.54, 1.807) is 0 Å². The summed E-state index contributed by atoms with van der Waals surface area (Å²) in [5.41, 5.74) is 2.75. The molecule has 0 radical (unpaired) electrons. The zero-order valence-electron chi connectivity index (χ0n) is 13.9. The number of rotatable bonds is 6. The second-order valence-electron chi connectivity index (χ2n) is 5.79. The molecule has 0 spiro atoms. The summed E-state index contributed by atoms with van der Waals surface area (Å²) in [6, 6.07) is 27.7. The maximum absolute atomic E-state index is 3.55. The Hall–Kier alpha value is -1.88. The minimum Gasteiger partial charge on any atom is -1.00 e. The van der Waals surface area contributed by atoms with E-state index in [0.29, 0.717) is 5.92 Å². The van der Waals surface area contributed by atoms with Crippen LogP contribution in [0.25, 0.3) is 0 Å². The van der Waals surface area contributed by atoms with E-state index in [4.69, 9.17) is 0 Å². The van der Waals surface area contributed by atoms with Gasteiger partial charge in [0.2, 0.25) is 0 Å². The van der Waals surface area contributed by atoms with E-state index in [9.17, 15) is 0 Å². The molecule has 0 fully saturated rings. The molecule has 2 aromatic carbocycles. The average molecular weight is 430 g/mol. The quantitative estimate of drug-likeness (QED) is 0.459. The van der Waals surface area contributed by atoms with E-state index in [0.717, 1.165) is 18.8 Å². The highest BCUT2D eigenvalue weighted by Crippen LogP contribution is 2.27. The third kappa shape index (κ3) is 4.81. The monoisotopic (exact) mass is 430 g/mol. The van der Waals surface area contributed by atoms with Crippen LogP contribution in [-0.4, -0.2) is 6.54 Å². The first-order chi connectivity index (χ1) is 11.3. The van der Waals surface area contributed by atoms with Crippen LogP contribution >= 0.6 is 0 Å². The fourth-order valence-electron chi connectivity index (χ4n) is 2.95. The van der Waals surface area contributed by atoms with Gasteiger partial charge in [-0.3, -0.25) is 5.32 Å². The van der Waals surface area contributed by atoms with Crippen LogP contribution in [0.5, 0.6) is 0 Å². The fourth-order valence-corrected chi connectivity index (χ4v) is 2.95. The van der Waals surface area contributed by atoms with Crippen LogP contribution in [0.1, 0.15) is 23.5 Å². The van der Waals surface area contributed by atoms with Crippen LogP contribution in [0, 0.1) is 0 Å². The summed E-state index contributed by atoms with van der Waals surface area (Å²) >= 11 is 0. The van der Waals surface area contributed by atoms with Crippen LogP contribution in [0.4, 0.5) is 5.82 Å². The van der Waals surface area contributed by atoms with Gasteiger partial charge in [0.05, 0.1) is 19.8 Å². The Morgan fingerprint density at radius 3 is 1.88 bits per heavy atom. The Labute approximate surface area is 161 Å². The summed E-state index contributed by atoms with van der Waals surface area (Å²) < 4.78 is 2.11. The van der Waals surface area contributed by atoms with E-state index in [1.165, 1.54) is 11.1 Å². The van der Waals surface area contributed by atoms with E-state index in [1.807, 2.05) is 6.07 Å². The lowest BCUT2D eigenvalue weighted by Gasteiger charge is -2.17. The van der Waals surface area contributed by atoms with Crippen LogP contribution in [0.15, 0.2) is 85.1 Å². The van der Waals surface area contributed by atoms with E-state index < -0.39 is 0 Å². The fraction of sp³-hybridized carbons (Fsp3) is 0.190. The number of nitrogens with one attached hydrogen (secondary N) is 1. The number of halogens is 1. The van der Waals surface area contributed by atoms with Gasteiger partial charge in [0.15, 0.2) is 0 Å². The molecular formula is C21H23IN2. The standard InChI is InChI=1S/C21H22N2.HI/c1-23-17-9-8-14-21(23)22-16-15-20(18-10-4-2-5-11-18)19-12-6-3-7-13-19;/h2-14,17,20H,15-16H2,1H3;1H. The first-order valence-electron chi connectivity index (χ1n) is 8.13. The summed E-state index contributed by atoms with van der Waals surface area (Å²) in [7, 11) is 2.06. The van der Waals surface area contributed by atoms with E-state index in [-0.39, 0.29) is 24.0 Å². The van der Waals surface area contributed by atoms with Gasteiger partial charge in [-0.05, 0) is 23.6 Å². The Kier molecular flexibility index (Phi) is 7.25. The van der Waals surface area contributed by atoms with Crippen molar-refractivity contribution in [2.75, 3.05) is 11.9 Å². The molecule has 2 nitrogen and oxygen atoms in total. The molecule has 0 amide bonds. The zero-order chi connectivity index (χ0) is 15.9. The van der Waals surface area contributed by atoms with Crippen LogP contribution in [0.3, 0.4) is 0 Å². The highest BCUT2D eigenvalue weighted by molar-refractivity contribution is 5.33. The zero-order valence-corrected chi connectivity index (χ0v) is 16.1. The van der Waals surface area contributed by atoms with Gasteiger partial charge in [-0.25, -0.2) is 4.57 Å². The van der Waals surface area contributed by atoms with Crippen molar-refractivity contribution >= 4 is 5.82 Å². The molecule has 0 aliphatic heterocycles. The lowest BCUT2D eigenvalue weighted by molar-refractivity contribution is -0.657. The highest BCUT2D eigenvalue weighted by Gasteiger charge is 2.15. The molecule has 3 heteroatoms. The lowest BCUT2D eigenvalue weighted by atomic mass is 9.88. The van der Waals surface area contributed by atoms with Crippen molar-refractivity contribution in [3.05, 3.63) is 96.2 Å². The summed E-state index contributed by atoms with van der Waals surface area (Å²) in [6.45, 7) is 0.937. The van der Waals surface area contributed by atoms with Gasteiger partial charge in [0, 0.05) is 12.0 Å². The molecule has 0 bridgehead atoms. The molecule has 3 rings (SSSR count). The Balaban J connectivity index is 0.00000208. The van der Waals surface area contributed by atoms with Crippen molar-refractivity contribution in [1.29, 1.82) is 0 Å². The summed E-state index contributed by atoms with van der Waals surface area (Å²) in [5, 5.41) is 3.55. The molecule has 0 saturated carbocycles. The van der Waals surface area contributed by atoms with E-state index in [2.05, 4.69) is 95.9 Å². The lowest BCUT2D eigenvalue weighted by Crippen LogP contribution is -3.00. The molecule has 0 aliphatic carbocycles. The van der Waals surface area contributed by atoms with Crippen LogP contribution < -0.4 is 33.9 Å². The minimum atomic E-state index is 0. The molecule has 3 aromatic rings. The Morgan fingerprint density at radius 2 is 1.33 bits per heavy atom. The van der Waals surface area contributed by atoms with Crippen molar-refractivity contribution < 1.29 is 28.5 Å². The van der Waals surface area contributed by atoms with Crippen LogP contribution in [-0.2, 0) is 7.05 Å². The predicted molar refractivity (Wildman–Crippen MR) is 95.5 cm³/mol. The molecule has 24 heavy (non-hydrogen) atoms. The first-order valence-corrected chi connectivity index (χ1v) is 8.13. The van der Waals surface area contributed by atoms with Crippen molar-refractivity contribution in [2.24, 2.45) is 7.05 Å². The molecule has 1 heterocycles. The molecule has 0 unspecified atom stereocenters. The molecule has 1 N–H and O–H groups in total.